The van der Waals surface area contributed by atoms with E-state index in [1.165, 1.54) is 24.9 Å². The molecule has 1 N–H and O–H groups in total. The molecule has 116 valence electrons. The Morgan fingerprint density at radius 3 is 2.62 bits per heavy atom. The number of nitrogens with one attached hydrogen (secondary N) is 1. The van der Waals surface area contributed by atoms with Gasteiger partial charge in [0.1, 0.15) is 5.82 Å². The Morgan fingerprint density at radius 2 is 2.00 bits per heavy atom. The third-order valence-corrected chi connectivity index (χ3v) is 4.95. The predicted octanol–water partition coefficient (Wildman–Crippen LogP) is 3.95. The van der Waals surface area contributed by atoms with E-state index < -0.39 is 0 Å². The molecule has 0 spiro atoms. The van der Waals surface area contributed by atoms with E-state index in [2.05, 4.69) is 31.0 Å². The summed E-state index contributed by atoms with van der Waals surface area (Å²) >= 11 is 0. The smallest absolute Gasteiger partial charge is 0.123 e. The van der Waals surface area contributed by atoms with Crippen molar-refractivity contribution in [1.29, 1.82) is 0 Å². The molecule has 0 amide bonds. The van der Waals surface area contributed by atoms with Gasteiger partial charge in [-0.25, -0.2) is 4.39 Å². The van der Waals surface area contributed by atoms with Crippen LogP contribution < -0.4 is 10.2 Å². The number of halogens is 1. The number of nitrogens with zero attached hydrogens (tertiary/aromatic N) is 1. The lowest BCUT2D eigenvalue weighted by molar-refractivity contribution is 0.263. The molecule has 3 rings (SSSR count). The minimum absolute atomic E-state index is 0.127. The Kier molecular flexibility index (Phi) is 3.96. The fourth-order valence-corrected chi connectivity index (χ4v) is 3.23. The van der Waals surface area contributed by atoms with Gasteiger partial charge in [0.2, 0.25) is 0 Å². The van der Waals surface area contributed by atoms with Crippen LogP contribution in [0.2, 0.25) is 0 Å². The standard InChI is InChI=1S/C18H27FN2/c1-18(2,3)14-8-9-21(12-14)17-7-4-15(19)10-13(17)11-20-16-5-6-16/h4,7,10,14,16,20H,5-6,8-9,11-12H2,1-3H3. The summed E-state index contributed by atoms with van der Waals surface area (Å²) < 4.78 is 13.6. The number of anilines is 1. The zero-order chi connectivity index (χ0) is 15.0. The van der Waals surface area contributed by atoms with Crippen LogP contribution in [0.1, 0.15) is 45.6 Å². The molecule has 1 aliphatic heterocycles. The summed E-state index contributed by atoms with van der Waals surface area (Å²) in [4.78, 5) is 2.44. The first-order valence-electron chi connectivity index (χ1n) is 8.20. The molecule has 2 aliphatic rings. The van der Waals surface area contributed by atoms with Crippen LogP contribution in [0.25, 0.3) is 0 Å². The molecule has 0 aromatic heterocycles. The lowest BCUT2D eigenvalue weighted by atomic mass is 9.80. The van der Waals surface area contributed by atoms with Gasteiger partial charge in [-0.1, -0.05) is 20.8 Å². The van der Waals surface area contributed by atoms with Crippen LogP contribution in [0.3, 0.4) is 0 Å². The van der Waals surface area contributed by atoms with Crippen molar-refractivity contribution in [3.05, 3.63) is 29.6 Å². The molecule has 1 aliphatic carbocycles. The van der Waals surface area contributed by atoms with Crippen molar-refractivity contribution in [1.82, 2.24) is 5.32 Å². The second-order valence-electron chi connectivity index (χ2n) is 7.73. The van der Waals surface area contributed by atoms with Crippen molar-refractivity contribution in [2.45, 2.75) is 52.6 Å². The first-order chi connectivity index (χ1) is 9.93. The molecule has 1 atom stereocenters. The van der Waals surface area contributed by atoms with Gasteiger partial charge in [0.25, 0.3) is 0 Å². The van der Waals surface area contributed by atoms with Crippen LogP contribution in [0.4, 0.5) is 10.1 Å². The summed E-state index contributed by atoms with van der Waals surface area (Å²) in [6, 6.07) is 5.92. The van der Waals surface area contributed by atoms with E-state index in [0.29, 0.717) is 17.4 Å². The highest BCUT2D eigenvalue weighted by molar-refractivity contribution is 5.54. The number of hydrogen-bond donors (Lipinski definition) is 1. The minimum atomic E-state index is -0.127. The van der Waals surface area contributed by atoms with Crippen LogP contribution in [-0.2, 0) is 6.54 Å². The summed E-state index contributed by atoms with van der Waals surface area (Å²) in [5, 5.41) is 3.51. The Balaban J connectivity index is 1.74. The molecular formula is C18H27FN2. The van der Waals surface area contributed by atoms with Crippen molar-refractivity contribution in [2.75, 3.05) is 18.0 Å². The average molecular weight is 290 g/mol. The molecule has 0 radical (unpaired) electrons. The molecule has 1 unspecified atom stereocenters. The fourth-order valence-electron chi connectivity index (χ4n) is 3.23. The van der Waals surface area contributed by atoms with E-state index in [1.54, 1.807) is 12.1 Å². The van der Waals surface area contributed by atoms with Gasteiger partial charge in [-0.2, -0.15) is 0 Å². The molecular weight excluding hydrogens is 263 g/mol. The number of benzene rings is 1. The molecule has 2 fully saturated rings. The van der Waals surface area contributed by atoms with Gasteiger partial charge in [0.15, 0.2) is 0 Å². The second kappa shape index (κ2) is 5.60. The molecule has 1 saturated heterocycles. The monoisotopic (exact) mass is 290 g/mol. The van der Waals surface area contributed by atoms with Gasteiger partial charge < -0.3 is 10.2 Å². The van der Waals surface area contributed by atoms with Gasteiger partial charge in [0, 0.05) is 31.4 Å². The average Bonchev–Trinajstić information content (AvgIpc) is 3.10. The van der Waals surface area contributed by atoms with Crippen LogP contribution in [0.5, 0.6) is 0 Å². The molecule has 3 heteroatoms. The van der Waals surface area contributed by atoms with E-state index in [-0.39, 0.29) is 5.82 Å². The maximum atomic E-state index is 13.6. The van der Waals surface area contributed by atoms with E-state index >= 15 is 0 Å². The van der Waals surface area contributed by atoms with Crippen LogP contribution >= 0.6 is 0 Å². The molecule has 0 bridgehead atoms. The highest BCUT2D eigenvalue weighted by Crippen LogP contribution is 2.36. The second-order valence-corrected chi connectivity index (χ2v) is 7.73. The van der Waals surface area contributed by atoms with Crippen molar-refractivity contribution < 1.29 is 4.39 Å². The largest absolute Gasteiger partial charge is 0.371 e. The van der Waals surface area contributed by atoms with Gasteiger partial charge in [-0.3, -0.25) is 0 Å². The maximum Gasteiger partial charge on any atom is 0.123 e. The Hall–Kier alpha value is -1.09. The number of hydrogen-bond acceptors (Lipinski definition) is 2. The van der Waals surface area contributed by atoms with Gasteiger partial charge in [0.05, 0.1) is 0 Å². The summed E-state index contributed by atoms with van der Waals surface area (Å²) in [7, 11) is 0. The fraction of sp³-hybridized carbons (Fsp3) is 0.667. The molecule has 21 heavy (non-hydrogen) atoms. The number of rotatable bonds is 4. The molecule has 1 aromatic carbocycles. The van der Waals surface area contributed by atoms with Gasteiger partial charge >= 0.3 is 0 Å². The lowest BCUT2D eigenvalue weighted by Crippen LogP contribution is -2.27. The third-order valence-electron chi connectivity index (χ3n) is 4.95. The van der Waals surface area contributed by atoms with Crippen molar-refractivity contribution in [2.24, 2.45) is 11.3 Å². The predicted molar refractivity (Wildman–Crippen MR) is 86.0 cm³/mol. The Bertz CT molecular complexity index is 502. The molecule has 1 saturated carbocycles. The van der Waals surface area contributed by atoms with Gasteiger partial charge in [-0.15, -0.1) is 0 Å². The normalized spacial score (nSPS) is 22.9. The Morgan fingerprint density at radius 1 is 1.24 bits per heavy atom. The quantitative estimate of drug-likeness (QED) is 0.903. The van der Waals surface area contributed by atoms with E-state index in [0.717, 1.165) is 25.2 Å². The summed E-state index contributed by atoms with van der Waals surface area (Å²) in [5.41, 5.74) is 2.68. The van der Waals surface area contributed by atoms with Crippen LogP contribution in [0.15, 0.2) is 18.2 Å². The van der Waals surface area contributed by atoms with Crippen molar-refractivity contribution in [3.8, 4) is 0 Å². The molecule has 2 nitrogen and oxygen atoms in total. The van der Waals surface area contributed by atoms with E-state index in [1.807, 2.05) is 6.07 Å². The zero-order valence-electron chi connectivity index (χ0n) is 13.5. The Labute approximate surface area is 127 Å². The van der Waals surface area contributed by atoms with Crippen LogP contribution in [-0.4, -0.2) is 19.1 Å². The van der Waals surface area contributed by atoms with E-state index in [9.17, 15) is 4.39 Å². The highest BCUT2D eigenvalue weighted by Gasteiger charge is 2.32. The third kappa shape index (κ3) is 3.57. The summed E-state index contributed by atoms with van der Waals surface area (Å²) in [6.45, 7) is 9.92. The maximum absolute atomic E-state index is 13.6. The first-order valence-corrected chi connectivity index (χ1v) is 8.20. The van der Waals surface area contributed by atoms with E-state index in [4.69, 9.17) is 0 Å². The SMILES string of the molecule is CC(C)(C)C1CCN(c2ccc(F)cc2CNC2CC2)C1. The molecule has 1 aromatic rings. The highest BCUT2D eigenvalue weighted by atomic mass is 19.1. The first kappa shape index (κ1) is 14.8. The van der Waals surface area contributed by atoms with Gasteiger partial charge in [-0.05, 0) is 54.4 Å². The van der Waals surface area contributed by atoms with Crippen molar-refractivity contribution in [3.63, 3.8) is 0 Å². The lowest BCUT2D eigenvalue weighted by Gasteiger charge is -2.28. The van der Waals surface area contributed by atoms with Crippen LogP contribution in [0, 0.1) is 17.2 Å². The summed E-state index contributed by atoms with van der Waals surface area (Å²) in [5.74, 6) is 0.588. The topological polar surface area (TPSA) is 15.3 Å². The summed E-state index contributed by atoms with van der Waals surface area (Å²) in [6.07, 6.45) is 3.76. The van der Waals surface area contributed by atoms with Crippen molar-refractivity contribution >= 4 is 5.69 Å². The zero-order valence-corrected chi connectivity index (χ0v) is 13.5. The molecule has 1 heterocycles. The minimum Gasteiger partial charge on any atom is -0.371 e.